The quantitative estimate of drug-likeness (QED) is 0.805. The van der Waals surface area contributed by atoms with E-state index < -0.39 is 0 Å². The van der Waals surface area contributed by atoms with E-state index in [2.05, 4.69) is 45.3 Å². The Hall–Kier alpha value is -0.340. The van der Waals surface area contributed by atoms with Gasteiger partial charge in [0.15, 0.2) is 0 Å². The standard InChI is InChI=1S/C12H19NS/c1-8-5-6-10(14-8)11(13-4)9-7-12(9,2)3/h5-6,9,11,13H,7H2,1-4H3. The molecule has 78 valence electrons. The van der Waals surface area contributed by atoms with Crippen molar-refractivity contribution in [3.05, 3.63) is 21.9 Å². The second-order valence-electron chi connectivity index (χ2n) is 5.01. The summed E-state index contributed by atoms with van der Waals surface area (Å²) < 4.78 is 0. The molecule has 1 aliphatic rings. The molecule has 2 atom stereocenters. The summed E-state index contributed by atoms with van der Waals surface area (Å²) in [6, 6.07) is 5.07. The molecule has 1 saturated carbocycles. The van der Waals surface area contributed by atoms with Gasteiger partial charge in [0, 0.05) is 15.8 Å². The molecule has 1 heterocycles. The summed E-state index contributed by atoms with van der Waals surface area (Å²) in [5.74, 6) is 0.825. The van der Waals surface area contributed by atoms with Gasteiger partial charge in [-0.1, -0.05) is 13.8 Å². The van der Waals surface area contributed by atoms with E-state index in [9.17, 15) is 0 Å². The van der Waals surface area contributed by atoms with Crippen LogP contribution in [0.2, 0.25) is 0 Å². The first kappa shape index (κ1) is 10.2. The van der Waals surface area contributed by atoms with Crippen molar-refractivity contribution >= 4 is 11.3 Å². The van der Waals surface area contributed by atoms with Crippen molar-refractivity contribution in [3.8, 4) is 0 Å². The van der Waals surface area contributed by atoms with Crippen LogP contribution in [0.4, 0.5) is 0 Å². The SMILES string of the molecule is CNC(c1ccc(C)s1)C1CC1(C)C. The fourth-order valence-corrected chi connectivity index (χ4v) is 3.29. The highest BCUT2D eigenvalue weighted by molar-refractivity contribution is 7.12. The van der Waals surface area contributed by atoms with Gasteiger partial charge in [0.2, 0.25) is 0 Å². The number of hydrogen-bond acceptors (Lipinski definition) is 2. The Morgan fingerprint density at radius 2 is 2.14 bits per heavy atom. The fourth-order valence-electron chi connectivity index (χ4n) is 2.24. The minimum Gasteiger partial charge on any atom is -0.312 e. The highest BCUT2D eigenvalue weighted by Crippen LogP contribution is 2.58. The van der Waals surface area contributed by atoms with Gasteiger partial charge < -0.3 is 5.32 Å². The lowest BCUT2D eigenvalue weighted by atomic mass is 10.0. The van der Waals surface area contributed by atoms with Gasteiger partial charge in [0.25, 0.3) is 0 Å². The smallest absolute Gasteiger partial charge is 0.0446 e. The van der Waals surface area contributed by atoms with E-state index in [0.717, 1.165) is 5.92 Å². The normalized spacial score (nSPS) is 26.1. The van der Waals surface area contributed by atoms with Crippen molar-refractivity contribution in [2.75, 3.05) is 7.05 Å². The first-order chi connectivity index (χ1) is 6.54. The Morgan fingerprint density at radius 1 is 1.50 bits per heavy atom. The Morgan fingerprint density at radius 3 is 2.50 bits per heavy atom. The first-order valence-electron chi connectivity index (χ1n) is 5.28. The molecule has 0 radical (unpaired) electrons. The molecular weight excluding hydrogens is 190 g/mol. The number of nitrogens with one attached hydrogen (secondary N) is 1. The number of aryl methyl sites for hydroxylation is 1. The molecule has 14 heavy (non-hydrogen) atoms. The molecule has 2 unspecified atom stereocenters. The molecule has 0 spiro atoms. The Labute approximate surface area is 90.5 Å². The fraction of sp³-hybridized carbons (Fsp3) is 0.667. The Balaban J connectivity index is 2.15. The zero-order valence-corrected chi connectivity index (χ0v) is 10.2. The monoisotopic (exact) mass is 209 g/mol. The average Bonchev–Trinajstić information content (AvgIpc) is 2.56. The maximum atomic E-state index is 3.46. The zero-order chi connectivity index (χ0) is 10.3. The number of thiophene rings is 1. The predicted molar refractivity (Wildman–Crippen MR) is 62.7 cm³/mol. The maximum absolute atomic E-state index is 3.46. The minimum atomic E-state index is 0.547. The van der Waals surface area contributed by atoms with Crippen molar-refractivity contribution in [1.29, 1.82) is 0 Å². The van der Waals surface area contributed by atoms with E-state index in [4.69, 9.17) is 0 Å². The third kappa shape index (κ3) is 1.73. The largest absolute Gasteiger partial charge is 0.312 e. The van der Waals surface area contributed by atoms with E-state index in [1.807, 2.05) is 11.3 Å². The van der Waals surface area contributed by atoms with Crippen molar-refractivity contribution < 1.29 is 0 Å². The van der Waals surface area contributed by atoms with Gasteiger partial charge in [-0.15, -0.1) is 11.3 Å². The highest BCUT2D eigenvalue weighted by atomic mass is 32.1. The Bertz CT molecular complexity index is 327. The van der Waals surface area contributed by atoms with Crippen molar-refractivity contribution in [2.45, 2.75) is 33.2 Å². The molecule has 2 heteroatoms. The summed E-state index contributed by atoms with van der Waals surface area (Å²) in [5, 5.41) is 3.46. The molecule has 0 amide bonds. The third-order valence-corrected chi connectivity index (χ3v) is 4.45. The van der Waals surface area contributed by atoms with Gasteiger partial charge in [0.05, 0.1) is 0 Å². The summed E-state index contributed by atoms with van der Waals surface area (Å²) in [6.45, 7) is 6.91. The lowest BCUT2D eigenvalue weighted by Gasteiger charge is -2.16. The van der Waals surface area contributed by atoms with Crippen LogP contribution in [0.5, 0.6) is 0 Å². The second-order valence-corrected chi connectivity index (χ2v) is 6.33. The lowest BCUT2D eigenvalue weighted by Crippen LogP contribution is -2.19. The predicted octanol–water partition coefficient (Wildman–Crippen LogP) is 3.36. The molecule has 1 aromatic heterocycles. The number of hydrogen-bond donors (Lipinski definition) is 1. The summed E-state index contributed by atoms with van der Waals surface area (Å²) in [7, 11) is 2.08. The summed E-state index contributed by atoms with van der Waals surface area (Å²) >= 11 is 1.93. The zero-order valence-electron chi connectivity index (χ0n) is 9.42. The van der Waals surface area contributed by atoms with Crippen LogP contribution in [0.1, 0.15) is 36.1 Å². The van der Waals surface area contributed by atoms with Crippen LogP contribution in [0.25, 0.3) is 0 Å². The van der Waals surface area contributed by atoms with Crippen LogP contribution in [-0.2, 0) is 0 Å². The molecule has 1 aliphatic carbocycles. The average molecular weight is 209 g/mol. The number of rotatable bonds is 3. The summed E-state index contributed by atoms with van der Waals surface area (Å²) in [4.78, 5) is 2.92. The molecule has 1 aromatic rings. The van der Waals surface area contributed by atoms with Crippen molar-refractivity contribution in [3.63, 3.8) is 0 Å². The van der Waals surface area contributed by atoms with E-state index in [1.54, 1.807) is 0 Å². The summed E-state index contributed by atoms with van der Waals surface area (Å²) in [6.07, 6.45) is 1.36. The summed E-state index contributed by atoms with van der Waals surface area (Å²) in [5.41, 5.74) is 0.547. The molecule has 0 aromatic carbocycles. The lowest BCUT2D eigenvalue weighted by molar-refractivity contribution is 0.446. The Kier molecular flexibility index (Phi) is 2.44. The van der Waals surface area contributed by atoms with Crippen LogP contribution < -0.4 is 5.32 Å². The maximum Gasteiger partial charge on any atom is 0.0446 e. The third-order valence-electron chi connectivity index (χ3n) is 3.37. The van der Waals surface area contributed by atoms with E-state index in [-0.39, 0.29) is 0 Å². The van der Waals surface area contributed by atoms with Crippen LogP contribution in [-0.4, -0.2) is 7.05 Å². The molecule has 0 bridgehead atoms. The van der Waals surface area contributed by atoms with E-state index in [0.29, 0.717) is 11.5 Å². The van der Waals surface area contributed by atoms with Gasteiger partial charge in [-0.2, -0.15) is 0 Å². The minimum absolute atomic E-state index is 0.547. The molecule has 2 rings (SSSR count). The van der Waals surface area contributed by atoms with Gasteiger partial charge in [-0.25, -0.2) is 0 Å². The second kappa shape index (κ2) is 3.35. The molecular formula is C12H19NS. The topological polar surface area (TPSA) is 12.0 Å². The van der Waals surface area contributed by atoms with Crippen LogP contribution in [0.15, 0.2) is 12.1 Å². The first-order valence-corrected chi connectivity index (χ1v) is 6.10. The molecule has 1 fully saturated rings. The van der Waals surface area contributed by atoms with Crippen molar-refractivity contribution in [1.82, 2.24) is 5.32 Å². The van der Waals surface area contributed by atoms with Gasteiger partial charge in [-0.05, 0) is 43.9 Å². The van der Waals surface area contributed by atoms with Gasteiger partial charge in [-0.3, -0.25) is 0 Å². The molecule has 1 nitrogen and oxygen atoms in total. The molecule has 1 N–H and O–H groups in total. The van der Waals surface area contributed by atoms with Crippen molar-refractivity contribution in [2.24, 2.45) is 11.3 Å². The molecule has 0 aliphatic heterocycles. The van der Waals surface area contributed by atoms with Crippen LogP contribution >= 0.6 is 11.3 Å². The van der Waals surface area contributed by atoms with E-state index in [1.165, 1.54) is 16.2 Å². The van der Waals surface area contributed by atoms with Gasteiger partial charge >= 0.3 is 0 Å². The highest BCUT2D eigenvalue weighted by Gasteiger charge is 2.50. The molecule has 0 saturated heterocycles. The van der Waals surface area contributed by atoms with Gasteiger partial charge in [0.1, 0.15) is 0 Å². The van der Waals surface area contributed by atoms with Crippen LogP contribution in [0.3, 0.4) is 0 Å². The van der Waals surface area contributed by atoms with E-state index >= 15 is 0 Å². The van der Waals surface area contributed by atoms with Crippen LogP contribution in [0, 0.1) is 18.3 Å².